The Morgan fingerprint density at radius 1 is 0.714 bits per heavy atom. The fourth-order valence-electron chi connectivity index (χ4n) is 1.60. The van der Waals surface area contributed by atoms with E-state index in [0.29, 0.717) is 0 Å². The third-order valence-electron chi connectivity index (χ3n) is 2.64. The molecule has 0 aliphatic heterocycles. The average Bonchev–Trinajstić information content (AvgIpc) is 2.41. The van der Waals surface area contributed by atoms with Gasteiger partial charge in [0.2, 0.25) is 9.84 Å². The van der Waals surface area contributed by atoms with Crippen LogP contribution in [0.5, 0.6) is 11.5 Å². The van der Waals surface area contributed by atoms with Gasteiger partial charge in [0.1, 0.15) is 19.8 Å². The maximum absolute atomic E-state index is 12.5. The van der Waals surface area contributed by atoms with Crippen molar-refractivity contribution >= 4 is 56.2 Å². The smallest absolute Gasteiger partial charge is 0.214 e. The summed E-state index contributed by atoms with van der Waals surface area (Å²) in [4.78, 5) is -1.02. The average molecular weight is 388 g/mol. The molecule has 0 aliphatic carbocycles. The predicted molar refractivity (Wildman–Crippen MR) is 81.7 cm³/mol. The highest BCUT2D eigenvalue weighted by Gasteiger charge is 2.28. The Balaban J connectivity index is 2.75. The van der Waals surface area contributed by atoms with Crippen molar-refractivity contribution < 1.29 is 18.6 Å². The first-order chi connectivity index (χ1) is 9.67. The van der Waals surface area contributed by atoms with E-state index in [2.05, 4.69) is 0 Å². The Morgan fingerprint density at radius 2 is 1.05 bits per heavy atom. The van der Waals surface area contributed by atoms with Crippen LogP contribution < -0.4 is 0 Å². The maximum atomic E-state index is 12.5. The largest absolute Gasteiger partial charge is 0.505 e. The number of benzene rings is 2. The van der Waals surface area contributed by atoms with E-state index in [4.69, 9.17) is 46.4 Å². The molecular weight excluding hydrogens is 382 g/mol. The molecule has 0 saturated heterocycles. The highest BCUT2D eigenvalue weighted by molar-refractivity contribution is 7.91. The van der Waals surface area contributed by atoms with Crippen molar-refractivity contribution in [2.24, 2.45) is 0 Å². The number of halogens is 4. The van der Waals surface area contributed by atoms with Crippen LogP contribution in [0.2, 0.25) is 20.1 Å². The zero-order valence-electron chi connectivity index (χ0n) is 9.94. The topological polar surface area (TPSA) is 74.6 Å². The van der Waals surface area contributed by atoms with Crippen molar-refractivity contribution in [3.63, 3.8) is 0 Å². The molecule has 0 saturated carbocycles. The summed E-state index contributed by atoms with van der Waals surface area (Å²) >= 11 is 22.8. The second-order valence-electron chi connectivity index (χ2n) is 3.92. The van der Waals surface area contributed by atoms with Gasteiger partial charge in [-0.15, -0.1) is 0 Å². The van der Waals surface area contributed by atoms with Crippen LogP contribution in [0.25, 0.3) is 0 Å². The fraction of sp³-hybridized carbons (Fsp3) is 0. The summed E-state index contributed by atoms with van der Waals surface area (Å²) < 4.78 is 25.0. The number of phenolic OH excluding ortho intramolecular Hbond substituents is 2. The van der Waals surface area contributed by atoms with E-state index in [9.17, 15) is 18.6 Å². The lowest BCUT2D eigenvalue weighted by Gasteiger charge is -2.11. The first-order valence-electron chi connectivity index (χ1n) is 5.27. The minimum Gasteiger partial charge on any atom is -0.505 e. The molecule has 0 atom stereocenters. The molecule has 2 rings (SSSR count). The standard InChI is InChI=1S/C12H6Cl4O4S/c13-5-1-3-7(11(17)9(5)15)21(19,20)8-4-2-6(14)10(16)12(8)18/h1-4,17-18H. The van der Waals surface area contributed by atoms with Crippen LogP contribution in [-0.4, -0.2) is 18.6 Å². The molecule has 0 bridgehead atoms. The third-order valence-corrected chi connectivity index (χ3v) is 6.05. The molecule has 112 valence electrons. The second-order valence-corrected chi connectivity index (χ2v) is 7.38. The van der Waals surface area contributed by atoms with Crippen molar-refractivity contribution in [3.8, 4) is 11.5 Å². The highest BCUT2D eigenvalue weighted by atomic mass is 35.5. The molecule has 9 heteroatoms. The maximum Gasteiger partial charge on any atom is 0.214 e. The molecule has 0 heterocycles. The summed E-state index contributed by atoms with van der Waals surface area (Å²) in [6.45, 7) is 0. The first-order valence-corrected chi connectivity index (χ1v) is 8.26. The Kier molecular flexibility index (Phi) is 4.52. The molecule has 0 radical (unpaired) electrons. The molecule has 0 fully saturated rings. The third kappa shape index (κ3) is 2.76. The van der Waals surface area contributed by atoms with Gasteiger partial charge in [0.25, 0.3) is 0 Å². The molecular formula is C12H6Cl4O4S. The Labute approximate surface area is 140 Å². The number of phenols is 2. The molecule has 2 N–H and O–H groups in total. The Bertz CT molecular complexity index is 770. The van der Waals surface area contributed by atoms with Gasteiger partial charge in [-0.3, -0.25) is 0 Å². The van der Waals surface area contributed by atoms with Gasteiger partial charge in [0.15, 0.2) is 11.5 Å². The number of aromatic hydroxyl groups is 2. The zero-order valence-corrected chi connectivity index (χ0v) is 13.8. The first kappa shape index (κ1) is 16.5. The highest BCUT2D eigenvalue weighted by Crippen LogP contribution is 2.43. The second kappa shape index (κ2) is 5.74. The lowest BCUT2D eigenvalue weighted by Crippen LogP contribution is -2.03. The van der Waals surface area contributed by atoms with Crippen LogP contribution >= 0.6 is 46.4 Å². The van der Waals surface area contributed by atoms with Gasteiger partial charge in [-0.1, -0.05) is 46.4 Å². The molecule has 0 unspecified atom stereocenters. The number of hydrogen-bond donors (Lipinski definition) is 2. The van der Waals surface area contributed by atoms with E-state index >= 15 is 0 Å². The molecule has 4 nitrogen and oxygen atoms in total. The van der Waals surface area contributed by atoms with Crippen molar-refractivity contribution in [1.29, 1.82) is 0 Å². The molecule has 2 aromatic carbocycles. The molecule has 0 spiro atoms. The minimum atomic E-state index is -4.27. The van der Waals surface area contributed by atoms with Gasteiger partial charge in [-0.05, 0) is 24.3 Å². The quantitative estimate of drug-likeness (QED) is 0.792. The van der Waals surface area contributed by atoms with Crippen LogP contribution in [0.3, 0.4) is 0 Å². The minimum absolute atomic E-state index is 0.00789. The molecule has 0 amide bonds. The fourth-order valence-corrected chi connectivity index (χ4v) is 3.79. The summed E-state index contributed by atoms with van der Waals surface area (Å²) in [5.74, 6) is -1.43. The van der Waals surface area contributed by atoms with E-state index in [0.717, 1.165) is 12.1 Å². The van der Waals surface area contributed by atoms with Gasteiger partial charge in [0.05, 0.1) is 10.0 Å². The Hall–Kier alpha value is -0.850. The zero-order chi connectivity index (χ0) is 15.9. The van der Waals surface area contributed by atoms with E-state index < -0.39 is 31.1 Å². The van der Waals surface area contributed by atoms with Gasteiger partial charge >= 0.3 is 0 Å². The SMILES string of the molecule is O=S(=O)(c1ccc(Cl)c(Cl)c1O)c1ccc(Cl)c(Cl)c1O. The van der Waals surface area contributed by atoms with Crippen molar-refractivity contribution in [1.82, 2.24) is 0 Å². The Morgan fingerprint density at radius 3 is 1.38 bits per heavy atom. The number of sulfone groups is 1. The van der Waals surface area contributed by atoms with E-state index in [1.54, 1.807) is 0 Å². The van der Waals surface area contributed by atoms with Gasteiger partial charge in [-0.25, -0.2) is 8.42 Å². The molecule has 0 aliphatic rings. The van der Waals surface area contributed by atoms with Crippen molar-refractivity contribution in [3.05, 3.63) is 44.4 Å². The van der Waals surface area contributed by atoms with Gasteiger partial charge in [0, 0.05) is 0 Å². The van der Waals surface area contributed by atoms with Crippen LogP contribution in [-0.2, 0) is 9.84 Å². The van der Waals surface area contributed by atoms with Gasteiger partial charge in [-0.2, -0.15) is 0 Å². The van der Waals surface area contributed by atoms with Crippen LogP contribution in [0.15, 0.2) is 34.1 Å². The number of hydrogen-bond acceptors (Lipinski definition) is 4. The lowest BCUT2D eigenvalue weighted by molar-refractivity contribution is 0.453. The van der Waals surface area contributed by atoms with Gasteiger partial charge < -0.3 is 10.2 Å². The summed E-state index contributed by atoms with van der Waals surface area (Å²) in [6.07, 6.45) is 0. The molecule has 21 heavy (non-hydrogen) atoms. The predicted octanol–water partition coefficient (Wildman–Crippen LogP) is 4.54. The van der Waals surface area contributed by atoms with E-state index in [-0.39, 0.29) is 20.1 Å². The lowest BCUT2D eigenvalue weighted by atomic mass is 10.3. The summed E-state index contributed by atoms with van der Waals surface area (Å²) in [5.41, 5.74) is 0. The van der Waals surface area contributed by atoms with Crippen LogP contribution in [0, 0.1) is 0 Å². The normalized spacial score (nSPS) is 11.6. The summed E-state index contributed by atoms with van der Waals surface area (Å²) in [5, 5.41) is 19.1. The van der Waals surface area contributed by atoms with Crippen molar-refractivity contribution in [2.45, 2.75) is 9.79 Å². The summed E-state index contributed by atoms with van der Waals surface area (Å²) in [6, 6.07) is 4.57. The van der Waals surface area contributed by atoms with E-state index in [1.165, 1.54) is 12.1 Å². The summed E-state index contributed by atoms with van der Waals surface area (Å²) in [7, 11) is -4.27. The van der Waals surface area contributed by atoms with Crippen molar-refractivity contribution in [2.75, 3.05) is 0 Å². The van der Waals surface area contributed by atoms with Crippen LogP contribution in [0.1, 0.15) is 0 Å². The monoisotopic (exact) mass is 386 g/mol. The van der Waals surface area contributed by atoms with E-state index in [1.807, 2.05) is 0 Å². The molecule has 2 aromatic rings. The molecule has 0 aromatic heterocycles. The number of rotatable bonds is 2. The van der Waals surface area contributed by atoms with Crippen LogP contribution in [0.4, 0.5) is 0 Å².